The molecule has 2 amide bonds. The van der Waals surface area contributed by atoms with Gasteiger partial charge in [-0.05, 0) is 41.2 Å². The first kappa shape index (κ1) is 21.4. The van der Waals surface area contributed by atoms with Crippen molar-refractivity contribution in [2.75, 3.05) is 11.4 Å². The number of carbonyl (C=O) groups excluding carboxylic acids is 2. The van der Waals surface area contributed by atoms with E-state index in [1.54, 1.807) is 5.38 Å². The van der Waals surface area contributed by atoms with Crippen molar-refractivity contribution in [3.63, 3.8) is 0 Å². The van der Waals surface area contributed by atoms with Crippen molar-refractivity contribution >= 4 is 29.0 Å². The Kier molecular flexibility index (Phi) is 6.99. The molecule has 6 nitrogen and oxygen atoms in total. The van der Waals surface area contributed by atoms with Crippen molar-refractivity contribution in [1.29, 1.82) is 0 Å². The summed E-state index contributed by atoms with van der Waals surface area (Å²) in [5.74, 6) is -0.635. The molecule has 4 aromatic rings. The van der Waals surface area contributed by atoms with Crippen molar-refractivity contribution in [3.8, 4) is 0 Å². The molecule has 3 aromatic carbocycles. The van der Waals surface area contributed by atoms with Gasteiger partial charge in [0.05, 0.1) is 0 Å². The first-order chi connectivity index (χ1) is 15.7. The molecule has 0 saturated carbocycles. The number of hydrogen-bond acceptors (Lipinski definition) is 5. The summed E-state index contributed by atoms with van der Waals surface area (Å²) < 4.78 is 3.82. The van der Waals surface area contributed by atoms with E-state index < -0.39 is 6.04 Å². The van der Waals surface area contributed by atoms with Crippen LogP contribution in [0.2, 0.25) is 0 Å². The molecule has 32 heavy (non-hydrogen) atoms. The van der Waals surface area contributed by atoms with Gasteiger partial charge in [0, 0.05) is 17.6 Å². The number of rotatable bonds is 8. The van der Waals surface area contributed by atoms with Crippen LogP contribution in [0.15, 0.2) is 96.4 Å². The molecule has 1 atom stereocenters. The average molecular weight is 443 g/mol. The van der Waals surface area contributed by atoms with Crippen LogP contribution in [0.25, 0.3) is 0 Å². The van der Waals surface area contributed by atoms with Gasteiger partial charge in [-0.2, -0.15) is 0 Å². The summed E-state index contributed by atoms with van der Waals surface area (Å²) in [6.07, 6.45) is 0.698. The van der Waals surface area contributed by atoms with Crippen LogP contribution in [0.3, 0.4) is 0 Å². The van der Waals surface area contributed by atoms with Crippen LogP contribution in [0, 0.1) is 0 Å². The fourth-order valence-electron chi connectivity index (χ4n) is 3.48. The zero-order chi connectivity index (χ0) is 22.2. The number of nitrogens with one attached hydrogen (secondary N) is 1. The number of amides is 2. The van der Waals surface area contributed by atoms with Gasteiger partial charge in [0.1, 0.15) is 6.04 Å². The number of hydrogen-bond donors (Lipinski definition) is 1. The molecule has 0 fully saturated rings. The summed E-state index contributed by atoms with van der Waals surface area (Å²) in [5, 5.41) is 8.55. The first-order valence-corrected chi connectivity index (χ1v) is 11.1. The van der Waals surface area contributed by atoms with E-state index in [1.807, 2.05) is 91.0 Å². The fraction of sp³-hybridized carbons (Fsp3) is 0.120. The predicted molar refractivity (Wildman–Crippen MR) is 125 cm³/mol. The van der Waals surface area contributed by atoms with Crippen molar-refractivity contribution in [3.05, 3.63) is 113 Å². The lowest BCUT2D eigenvalue weighted by Gasteiger charge is -2.31. The van der Waals surface area contributed by atoms with Gasteiger partial charge in [-0.3, -0.25) is 14.5 Å². The number of aromatic nitrogens is 2. The Morgan fingerprint density at radius 1 is 0.875 bits per heavy atom. The molecule has 7 heteroatoms. The Bertz CT molecular complexity index is 1140. The molecule has 0 spiro atoms. The van der Waals surface area contributed by atoms with Crippen molar-refractivity contribution < 1.29 is 9.59 Å². The van der Waals surface area contributed by atoms with Gasteiger partial charge in [0.25, 0.3) is 5.91 Å². The average Bonchev–Trinajstić information content (AvgIpc) is 3.39. The summed E-state index contributed by atoms with van der Waals surface area (Å²) in [7, 11) is 0. The lowest BCUT2D eigenvalue weighted by atomic mass is 10.0. The van der Waals surface area contributed by atoms with Crippen molar-refractivity contribution in [2.45, 2.75) is 12.5 Å². The maximum absolute atomic E-state index is 13.5. The zero-order valence-corrected chi connectivity index (χ0v) is 18.1. The Labute approximate surface area is 190 Å². The molecule has 0 saturated heterocycles. The second-order valence-corrected chi connectivity index (χ2v) is 7.75. The van der Waals surface area contributed by atoms with E-state index in [0.29, 0.717) is 24.2 Å². The molecule has 1 heterocycles. The maximum Gasteiger partial charge on any atom is 0.280 e. The van der Waals surface area contributed by atoms with Crippen molar-refractivity contribution in [2.24, 2.45) is 0 Å². The third-order valence-corrected chi connectivity index (χ3v) is 5.51. The molecule has 0 bridgehead atoms. The minimum Gasteiger partial charge on any atom is -0.354 e. The summed E-state index contributed by atoms with van der Waals surface area (Å²) in [4.78, 5) is 28.4. The SMILES string of the molecule is O=C(NCCc1ccccc1)[C@@H](c1ccccc1)N(C(=O)c1csnn1)c1ccccc1. The van der Waals surface area contributed by atoms with E-state index in [4.69, 9.17) is 0 Å². The zero-order valence-electron chi connectivity index (χ0n) is 17.3. The normalized spacial score (nSPS) is 11.5. The summed E-state index contributed by atoms with van der Waals surface area (Å²) in [6, 6.07) is 27.6. The number of carbonyl (C=O) groups is 2. The maximum atomic E-state index is 13.5. The van der Waals surface area contributed by atoms with Gasteiger partial charge in [0.2, 0.25) is 5.91 Å². The van der Waals surface area contributed by atoms with E-state index in [1.165, 1.54) is 4.90 Å². The van der Waals surface area contributed by atoms with Crippen LogP contribution in [0.4, 0.5) is 5.69 Å². The smallest absolute Gasteiger partial charge is 0.280 e. The Balaban J connectivity index is 1.66. The molecule has 1 aromatic heterocycles. The third kappa shape index (κ3) is 5.07. The van der Waals surface area contributed by atoms with E-state index in [-0.39, 0.29) is 17.5 Å². The predicted octanol–water partition coefficient (Wildman–Crippen LogP) is 4.29. The van der Waals surface area contributed by atoms with Crippen LogP contribution in [-0.2, 0) is 11.2 Å². The Morgan fingerprint density at radius 2 is 1.50 bits per heavy atom. The van der Waals surface area contributed by atoms with E-state index >= 15 is 0 Å². The molecule has 0 unspecified atom stereocenters. The lowest BCUT2D eigenvalue weighted by molar-refractivity contribution is -0.122. The van der Waals surface area contributed by atoms with E-state index in [0.717, 1.165) is 17.1 Å². The van der Waals surface area contributed by atoms with Gasteiger partial charge in [-0.25, -0.2) is 0 Å². The van der Waals surface area contributed by atoms with Gasteiger partial charge >= 0.3 is 0 Å². The molecule has 0 aliphatic heterocycles. The highest BCUT2D eigenvalue weighted by Crippen LogP contribution is 2.29. The van der Waals surface area contributed by atoms with Crippen LogP contribution >= 0.6 is 11.5 Å². The number of anilines is 1. The van der Waals surface area contributed by atoms with E-state index in [2.05, 4.69) is 14.9 Å². The second kappa shape index (κ2) is 10.5. The monoisotopic (exact) mass is 442 g/mol. The largest absolute Gasteiger partial charge is 0.354 e. The summed E-state index contributed by atoms with van der Waals surface area (Å²) >= 11 is 1.10. The van der Waals surface area contributed by atoms with Crippen molar-refractivity contribution in [1.82, 2.24) is 14.9 Å². The van der Waals surface area contributed by atoms with Crippen LogP contribution in [0.5, 0.6) is 0 Å². The second-order valence-electron chi connectivity index (χ2n) is 7.14. The quantitative estimate of drug-likeness (QED) is 0.442. The van der Waals surface area contributed by atoms with Crippen LogP contribution in [-0.4, -0.2) is 27.9 Å². The van der Waals surface area contributed by atoms with Gasteiger partial charge in [-0.15, -0.1) is 5.10 Å². The summed E-state index contributed by atoms with van der Waals surface area (Å²) in [5.41, 5.74) is 2.66. The Hall–Kier alpha value is -3.84. The highest BCUT2D eigenvalue weighted by molar-refractivity contribution is 7.03. The summed E-state index contributed by atoms with van der Waals surface area (Å²) in [6.45, 7) is 0.460. The lowest BCUT2D eigenvalue weighted by Crippen LogP contribution is -2.44. The molecule has 4 rings (SSSR count). The Morgan fingerprint density at radius 3 is 2.12 bits per heavy atom. The molecular formula is C25H22N4O2S. The van der Waals surface area contributed by atoms with Crippen LogP contribution in [0.1, 0.15) is 27.7 Å². The molecule has 0 aliphatic carbocycles. The first-order valence-electron chi connectivity index (χ1n) is 10.3. The minimum absolute atomic E-state index is 0.205. The highest BCUT2D eigenvalue weighted by Gasteiger charge is 2.34. The number of benzene rings is 3. The molecule has 0 radical (unpaired) electrons. The molecule has 1 N–H and O–H groups in total. The van der Waals surface area contributed by atoms with E-state index in [9.17, 15) is 9.59 Å². The molecular weight excluding hydrogens is 420 g/mol. The molecule has 160 valence electrons. The minimum atomic E-state index is -0.858. The number of nitrogens with zero attached hydrogens (tertiary/aromatic N) is 3. The highest BCUT2D eigenvalue weighted by atomic mass is 32.1. The number of para-hydroxylation sites is 1. The van der Waals surface area contributed by atoms with Gasteiger partial charge < -0.3 is 5.32 Å². The third-order valence-electron chi connectivity index (χ3n) is 5.01. The van der Waals surface area contributed by atoms with Gasteiger partial charge in [0.15, 0.2) is 5.69 Å². The van der Waals surface area contributed by atoms with Gasteiger partial charge in [-0.1, -0.05) is 83.4 Å². The fourth-order valence-corrected chi connectivity index (χ4v) is 3.91. The van der Waals surface area contributed by atoms with Crippen LogP contribution < -0.4 is 10.2 Å². The molecule has 0 aliphatic rings. The standard InChI is InChI=1S/C25H22N4O2S/c30-24(26-17-16-19-10-4-1-5-11-19)23(20-12-6-2-7-13-20)29(21-14-8-3-9-15-21)25(31)22-18-32-28-27-22/h1-15,18,23H,16-17H2,(H,26,30)/t23-/m1/s1. The topological polar surface area (TPSA) is 75.2 Å².